The fourth-order valence-corrected chi connectivity index (χ4v) is 6.73. The monoisotopic (exact) mass is 546 g/mol. The molecule has 0 amide bonds. The van der Waals surface area contributed by atoms with E-state index in [0.717, 1.165) is 21.9 Å². The van der Waals surface area contributed by atoms with Crippen molar-refractivity contribution in [3.63, 3.8) is 0 Å². The van der Waals surface area contributed by atoms with Crippen molar-refractivity contribution in [3.05, 3.63) is 158 Å². The van der Waals surface area contributed by atoms with Crippen molar-refractivity contribution in [2.24, 2.45) is 0 Å². The molecular formula is C42H26O. The Morgan fingerprint density at radius 1 is 0.233 bits per heavy atom. The molecule has 0 radical (unpaired) electrons. The number of furan rings is 1. The molecule has 0 N–H and O–H groups in total. The minimum Gasteiger partial charge on any atom is -0.456 e. The maximum Gasteiger partial charge on any atom is 0.135 e. The molecule has 43 heavy (non-hydrogen) atoms. The molecule has 0 unspecified atom stereocenters. The molecule has 1 heterocycles. The first-order valence-corrected chi connectivity index (χ1v) is 14.8. The molecule has 8 aromatic carbocycles. The molecule has 0 bridgehead atoms. The zero-order chi connectivity index (χ0) is 28.3. The summed E-state index contributed by atoms with van der Waals surface area (Å²) in [6.07, 6.45) is 0. The van der Waals surface area contributed by atoms with Gasteiger partial charge in [0, 0.05) is 10.8 Å². The van der Waals surface area contributed by atoms with E-state index < -0.39 is 0 Å². The Bertz CT molecular complexity index is 2460. The van der Waals surface area contributed by atoms with Crippen LogP contribution in [0.25, 0.3) is 87.6 Å². The van der Waals surface area contributed by atoms with Gasteiger partial charge in [0.15, 0.2) is 0 Å². The van der Waals surface area contributed by atoms with Crippen LogP contribution in [0.3, 0.4) is 0 Å². The van der Waals surface area contributed by atoms with Gasteiger partial charge in [-0.1, -0.05) is 121 Å². The van der Waals surface area contributed by atoms with Crippen molar-refractivity contribution in [1.29, 1.82) is 0 Å². The molecule has 0 atom stereocenters. The lowest BCUT2D eigenvalue weighted by Crippen LogP contribution is -1.85. The molecule has 0 fully saturated rings. The van der Waals surface area contributed by atoms with Crippen molar-refractivity contribution >= 4 is 54.3 Å². The predicted octanol–water partition coefficient (Wildman–Crippen LogP) is 12.0. The smallest absolute Gasteiger partial charge is 0.135 e. The number of benzene rings is 8. The molecule has 0 aliphatic carbocycles. The highest BCUT2D eigenvalue weighted by molar-refractivity contribution is 6.25. The van der Waals surface area contributed by atoms with E-state index in [1.807, 2.05) is 0 Å². The molecule has 0 aliphatic heterocycles. The first-order chi connectivity index (χ1) is 21.3. The summed E-state index contributed by atoms with van der Waals surface area (Å²) in [5.41, 5.74) is 9.02. The molecule has 1 nitrogen and oxygen atoms in total. The Balaban J connectivity index is 1.17. The molecule has 0 spiro atoms. The maximum atomic E-state index is 6.23. The minimum absolute atomic E-state index is 0.911. The SMILES string of the molecule is c1ccc(-c2ccc3oc4ccc(-c5cccc(-c6ccc7c8ccccc8c8ccccc8c7c6)c5)cc4c3c2)cc1. The highest BCUT2D eigenvalue weighted by Gasteiger charge is 2.12. The second-order valence-electron chi connectivity index (χ2n) is 11.3. The van der Waals surface area contributed by atoms with Gasteiger partial charge in [-0.2, -0.15) is 0 Å². The van der Waals surface area contributed by atoms with Gasteiger partial charge in [0.2, 0.25) is 0 Å². The highest BCUT2D eigenvalue weighted by atomic mass is 16.3. The van der Waals surface area contributed by atoms with E-state index in [-0.39, 0.29) is 0 Å². The summed E-state index contributed by atoms with van der Waals surface area (Å²) in [7, 11) is 0. The summed E-state index contributed by atoms with van der Waals surface area (Å²) < 4.78 is 6.23. The first-order valence-electron chi connectivity index (χ1n) is 14.8. The van der Waals surface area contributed by atoms with Crippen molar-refractivity contribution in [2.75, 3.05) is 0 Å². The zero-order valence-corrected chi connectivity index (χ0v) is 23.4. The van der Waals surface area contributed by atoms with Crippen LogP contribution in [-0.2, 0) is 0 Å². The Hall–Kier alpha value is -5.66. The van der Waals surface area contributed by atoms with Gasteiger partial charge in [-0.15, -0.1) is 0 Å². The van der Waals surface area contributed by atoms with Gasteiger partial charge in [-0.05, 0) is 102 Å². The quantitative estimate of drug-likeness (QED) is 0.201. The first kappa shape index (κ1) is 24.0. The maximum absolute atomic E-state index is 6.23. The topological polar surface area (TPSA) is 13.1 Å². The summed E-state index contributed by atoms with van der Waals surface area (Å²) in [4.78, 5) is 0. The van der Waals surface area contributed by atoms with Crippen molar-refractivity contribution < 1.29 is 4.42 Å². The number of hydrogen-bond acceptors (Lipinski definition) is 1. The van der Waals surface area contributed by atoms with E-state index in [0.29, 0.717) is 0 Å². The molecule has 0 saturated carbocycles. The third-order valence-corrected chi connectivity index (χ3v) is 8.85. The van der Waals surface area contributed by atoms with Crippen LogP contribution in [0.2, 0.25) is 0 Å². The summed E-state index contributed by atoms with van der Waals surface area (Å²) >= 11 is 0. The Kier molecular flexibility index (Phi) is 5.27. The van der Waals surface area contributed by atoms with E-state index in [9.17, 15) is 0 Å². The Morgan fingerprint density at radius 2 is 0.628 bits per heavy atom. The summed E-state index contributed by atoms with van der Waals surface area (Å²) in [5.74, 6) is 0. The number of hydrogen-bond donors (Lipinski definition) is 0. The molecule has 200 valence electrons. The minimum atomic E-state index is 0.911. The summed E-state index contributed by atoms with van der Waals surface area (Å²) in [5, 5.41) is 10.1. The lowest BCUT2D eigenvalue weighted by atomic mass is 9.91. The van der Waals surface area contributed by atoms with Crippen LogP contribution in [0.5, 0.6) is 0 Å². The van der Waals surface area contributed by atoms with Gasteiger partial charge in [-0.3, -0.25) is 0 Å². The molecule has 0 saturated heterocycles. The van der Waals surface area contributed by atoms with Crippen LogP contribution < -0.4 is 0 Å². The standard InChI is InChI=1S/C42H26O/c1-2-9-27(10-3-1)30-18-21-41-39(25-30)40-26-32(19-22-42(40)43-41)29-12-8-11-28(23-29)31-17-20-37-35-15-5-4-13-33(35)34-14-6-7-16-36(34)38(37)24-31/h1-26H. The van der Waals surface area contributed by atoms with Gasteiger partial charge >= 0.3 is 0 Å². The van der Waals surface area contributed by atoms with Gasteiger partial charge in [0.1, 0.15) is 11.2 Å². The van der Waals surface area contributed by atoms with Gasteiger partial charge < -0.3 is 4.42 Å². The average Bonchev–Trinajstić information content (AvgIpc) is 3.46. The third-order valence-electron chi connectivity index (χ3n) is 8.85. The van der Waals surface area contributed by atoms with E-state index in [1.165, 1.54) is 65.7 Å². The fraction of sp³-hybridized carbons (Fsp3) is 0. The van der Waals surface area contributed by atoms with Crippen molar-refractivity contribution in [3.8, 4) is 33.4 Å². The summed E-state index contributed by atoms with van der Waals surface area (Å²) in [6.45, 7) is 0. The Morgan fingerprint density at radius 3 is 1.21 bits per heavy atom. The van der Waals surface area contributed by atoms with Crippen LogP contribution in [0.4, 0.5) is 0 Å². The number of rotatable bonds is 3. The molecule has 9 rings (SSSR count). The highest BCUT2D eigenvalue weighted by Crippen LogP contribution is 2.39. The van der Waals surface area contributed by atoms with Crippen LogP contribution in [-0.4, -0.2) is 0 Å². The lowest BCUT2D eigenvalue weighted by Gasteiger charge is -2.12. The van der Waals surface area contributed by atoms with E-state index >= 15 is 0 Å². The largest absolute Gasteiger partial charge is 0.456 e. The van der Waals surface area contributed by atoms with E-state index in [2.05, 4.69) is 158 Å². The van der Waals surface area contributed by atoms with Gasteiger partial charge in [0.05, 0.1) is 0 Å². The molecule has 1 heteroatoms. The second-order valence-corrected chi connectivity index (χ2v) is 11.3. The van der Waals surface area contributed by atoms with Crippen LogP contribution >= 0.6 is 0 Å². The lowest BCUT2D eigenvalue weighted by molar-refractivity contribution is 0.669. The van der Waals surface area contributed by atoms with Crippen molar-refractivity contribution in [1.82, 2.24) is 0 Å². The van der Waals surface area contributed by atoms with Gasteiger partial charge in [0.25, 0.3) is 0 Å². The predicted molar refractivity (Wildman–Crippen MR) is 183 cm³/mol. The van der Waals surface area contributed by atoms with E-state index in [1.54, 1.807) is 0 Å². The molecule has 9 aromatic rings. The normalized spacial score (nSPS) is 11.7. The van der Waals surface area contributed by atoms with Crippen molar-refractivity contribution in [2.45, 2.75) is 0 Å². The molecule has 1 aromatic heterocycles. The Labute approximate surface area is 249 Å². The fourth-order valence-electron chi connectivity index (χ4n) is 6.73. The van der Waals surface area contributed by atoms with Gasteiger partial charge in [-0.25, -0.2) is 0 Å². The van der Waals surface area contributed by atoms with Crippen LogP contribution in [0, 0.1) is 0 Å². The zero-order valence-electron chi connectivity index (χ0n) is 23.4. The molecular weight excluding hydrogens is 520 g/mol. The molecule has 0 aliphatic rings. The number of fused-ring (bicyclic) bond motifs is 9. The summed E-state index contributed by atoms with van der Waals surface area (Å²) in [6, 6.07) is 56.9. The average molecular weight is 547 g/mol. The van der Waals surface area contributed by atoms with Crippen LogP contribution in [0.1, 0.15) is 0 Å². The van der Waals surface area contributed by atoms with Crippen LogP contribution in [0.15, 0.2) is 162 Å². The third kappa shape index (κ3) is 3.86. The van der Waals surface area contributed by atoms with E-state index in [4.69, 9.17) is 4.42 Å². The second kappa shape index (κ2) is 9.44.